The van der Waals surface area contributed by atoms with Gasteiger partial charge in [-0.25, -0.2) is 0 Å². The molecule has 22 heavy (non-hydrogen) atoms. The van der Waals surface area contributed by atoms with Crippen molar-refractivity contribution in [2.45, 2.75) is 48.3 Å². The lowest BCUT2D eigenvalue weighted by Crippen LogP contribution is -2.41. The molecular weight excluding hydrogens is 311 g/mol. The summed E-state index contributed by atoms with van der Waals surface area (Å²) in [5.41, 5.74) is 8.78. The smallest absolute Gasteiger partial charge is 0.0618 e. The van der Waals surface area contributed by atoms with E-state index in [2.05, 4.69) is 36.4 Å². The van der Waals surface area contributed by atoms with Gasteiger partial charge in [0.2, 0.25) is 0 Å². The second-order valence-corrected chi connectivity index (χ2v) is 7.94. The average molecular weight is 329 g/mol. The van der Waals surface area contributed by atoms with Gasteiger partial charge in [-0.15, -0.1) is 23.2 Å². The van der Waals surface area contributed by atoms with Gasteiger partial charge >= 0.3 is 0 Å². The summed E-state index contributed by atoms with van der Waals surface area (Å²) >= 11 is 13.5. The van der Waals surface area contributed by atoms with Crippen LogP contribution in [0.25, 0.3) is 0 Å². The van der Waals surface area contributed by atoms with E-state index < -0.39 is 0 Å². The van der Waals surface area contributed by atoms with Crippen LogP contribution in [-0.2, 0) is 12.8 Å². The maximum Gasteiger partial charge on any atom is 0.0618 e. The molecule has 2 heteroatoms. The molecule has 2 bridgehead atoms. The Hall–Kier alpha value is -0.980. The maximum absolute atomic E-state index is 6.77. The Balaban J connectivity index is 1.79. The molecule has 0 nitrogen and oxygen atoms in total. The third kappa shape index (κ3) is 1.66. The Labute approximate surface area is 141 Å². The van der Waals surface area contributed by atoms with E-state index in [9.17, 15) is 0 Å². The fourth-order valence-corrected chi connectivity index (χ4v) is 5.66. The number of alkyl halides is 2. The summed E-state index contributed by atoms with van der Waals surface area (Å²) in [5.74, 6) is 0.514. The monoisotopic (exact) mass is 328 g/mol. The number of halogens is 2. The van der Waals surface area contributed by atoms with Crippen LogP contribution in [0.1, 0.15) is 58.1 Å². The summed E-state index contributed by atoms with van der Waals surface area (Å²) in [6.07, 6.45) is 5.08. The van der Waals surface area contributed by atoms with Gasteiger partial charge < -0.3 is 0 Å². The molecule has 0 radical (unpaired) electrons. The van der Waals surface area contributed by atoms with Crippen LogP contribution in [0.15, 0.2) is 36.4 Å². The minimum absolute atomic E-state index is 0.00397. The summed E-state index contributed by atoms with van der Waals surface area (Å²) < 4.78 is 0. The third-order valence-electron chi connectivity index (χ3n) is 5.82. The van der Waals surface area contributed by atoms with E-state index in [4.69, 9.17) is 23.2 Å². The summed E-state index contributed by atoms with van der Waals surface area (Å²) in [6, 6.07) is 13.7. The fourth-order valence-electron chi connectivity index (χ4n) is 4.83. The number of hydrogen-bond acceptors (Lipinski definition) is 0. The van der Waals surface area contributed by atoms with Crippen LogP contribution in [0.5, 0.6) is 0 Å². The van der Waals surface area contributed by atoms with Crippen molar-refractivity contribution in [1.82, 2.24) is 0 Å². The second kappa shape index (κ2) is 4.76. The fraction of sp³-hybridized carbons (Fsp3) is 0.400. The summed E-state index contributed by atoms with van der Waals surface area (Å²) in [7, 11) is 0. The molecular formula is C20H18Cl2. The van der Waals surface area contributed by atoms with Gasteiger partial charge in [0.25, 0.3) is 0 Å². The van der Waals surface area contributed by atoms with Crippen LogP contribution in [0.4, 0.5) is 0 Å². The third-order valence-corrected chi connectivity index (χ3v) is 7.00. The van der Waals surface area contributed by atoms with Crippen molar-refractivity contribution in [3.05, 3.63) is 69.8 Å². The van der Waals surface area contributed by atoms with E-state index >= 15 is 0 Å². The Morgan fingerprint density at radius 3 is 1.59 bits per heavy atom. The van der Waals surface area contributed by atoms with E-state index in [-0.39, 0.29) is 22.6 Å². The first-order valence-corrected chi connectivity index (χ1v) is 9.15. The van der Waals surface area contributed by atoms with Crippen LogP contribution < -0.4 is 0 Å². The molecule has 0 fully saturated rings. The summed E-state index contributed by atoms with van der Waals surface area (Å²) in [6.45, 7) is 0. The van der Waals surface area contributed by atoms with Crippen LogP contribution >= 0.6 is 23.2 Å². The number of aryl methyl sites for hydroxylation is 2. The second-order valence-electron chi connectivity index (χ2n) is 6.93. The molecule has 4 aliphatic carbocycles. The standard InChI is InChI=1S/C20H18Cl2/c21-19-17-13-7-3-4-8-14(13)18(20(19)22)16-10-12-6-2-1-5-11(12)9-15(16)17/h3-4,7-10,17-20H,1-2,5-6H2/t17-,18-,19-,20+/m0/s1. The zero-order chi connectivity index (χ0) is 14.8. The van der Waals surface area contributed by atoms with E-state index in [1.807, 2.05) is 0 Å². The van der Waals surface area contributed by atoms with Gasteiger partial charge in [0.15, 0.2) is 0 Å². The zero-order valence-electron chi connectivity index (χ0n) is 12.4. The Morgan fingerprint density at radius 2 is 1.14 bits per heavy atom. The molecule has 2 aromatic rings. The van der Waals surface area contributed by atoms with Gasteiger partial charge in [-0.3, -0.25) is 0 Å². The van der Waals surface area contributed by atoms with Crippen LogP contribution in [-0.4, -0.2) is 10.8 Å². The molecule has 0 heterocycles. The van der Waals surface area contributed by atoms with Crippen molar-refractivity contribution in [2.75, 3.05) is 0 Å². The quantitative estimate of drug-likeness (QED) is 0.570. The van der Waals surface area contributed by atoms with Crippen molar-refractivity contribution < 1.29 is 0 Å². The van der Waals surface area contributed by atoms with Gasteiger partial charge in [-0.05, 0) is 59.1 Å². The van der Waals surface area contributed by atoms with Crippen molar-refractivity contribution in [3.8, 4) is 0 Å². The largest absolute Gasteiger partial charge is 0.120 e. The molecule has 4 atom stereocenters. The highest BCUT2D eigenvalue weighted by Gasteiger charge is 2.48. The number of rotatable bonds is 0. The SMILES string of the molecule is Cl[C@@H]1[C@H]2c3ccccc3[C@@H](c3cc4c(cc32)CCCC4)[C@@H]1Cl. The number of fused-ring (bicyclic) bond motifs is 2. The van der Waals surface area contributed by atoms with Crippen molar-refractivity contribution in [3.63, 3.8) is 0 Å². The molecule has 2 aromatic carbocycles. The number of hydrogen-bond donors (Lipinski definition) is 0. The lowest BCUT2D eigenvalue weighted by molar-refractivity contribution is 0.531. The van der Waals surface area contributed by atoms with E-state index in [1.54, 1.807) is 11.1 Å². The maximum atomic E-state index is 6.77. The first kappa shape index (κ1) is 13.5. The highest BCUT2D eigenvalue weighted by atomic mass is 35.5. The van der Waals surface area contributed by atoms with Crippen LogP contribution in [0.2, 0.25) is 0 Å². The topological polar surface area (TPSA) is 0 Å². The van der Waals surface area contributed by atoms with Crippen molar-refractivity contribution in [2.24, 2.45) is 0 Å². The van der Waals surface area contributed by atoms with Crippen molar-refractivity contribution in [1.29, 1.82) is 0 Å². The Morgan fingerprint density at radius 1 is 0.682 bits per heavy atom. The molecule has 0 N–H and O–H groups in total. The average Bonchev–Trinajstić information content (AvgIpc) is 2.56. The predicted octanol–water partition coefficient (Wildman–Crippen LogP) is 5.37. The highest BCUT2D eigenvalue weighted by molar-refractivity contribution is 6.31. The molecule has 0 saturated carbocycles. The first-order valence-electron chi connectivity index (χ1n) is 8.28. The molecule has 6 rings (SSSR count). The van der Waals surface area contributed by atoms with Gasteiger partial charge in [-0.2, -0.15) is 0 Å². The minimum Gasteiger partial charge on any atom is -0.120 e. The molecule has 0 aromatic heterocycles. The lowest BCUT2D eigenvalue weighted by Gasteiger charge is -2.47. The molecule has 0 spiro atoms. The Kier molecular flexibility index (Phi) is 2.91. The lowest BCUT2D eigenvalue weighted by atomic mass is 9.62. The van der Waals surface area contributed by atoms with E-state index in [1.165, 1.54) is 47.9 Å². The summed E-state index contributed by atoms with van der Waals surface area (Å²) in [4.78, 5) is 0. The van der Waals surface area contributed by atoms with E-state index in [0.29, 0.717) is 0 Å². The highest BCUT2D eigenvalue weighted by Crippen LogP contribution is 2.56. The van der Waals surface area contributed by atoms with Crippen LogP contribution in [0.3, 0.4) is 0 Å². The zero-order valence-corrected chi connectivity index (χ0v) is 13.9. The van der Waals surface area contributed by atoms with E-state index in [0.717, 1.165) is 0 Å². The molecule has 4 aliphatic rings. The first-order chi connectivity index (χ1) is 10.8. The normalized spacial score (nSPS) is 31.4. The molecule has 0 unspecified atom stereocenters. The Bertz CT molecular complexity index is 700. The van der Waals surface area contributed by atoms with Gasteiger partial charge in [-0.1, -0.05) is 36.4 Å². The van der Waals surface area contributed by atoms with Crippen LogP contribution in [0, 0.1) is 0 Å². The van der Waals surface area contributed by atoms with Gasteiger partial charge in [0.1, 0.15) is 0 Å². The minimum atomic E-state index is -0.00397. The molecule has 0 aliphatic heterocycles. The molecule has 0 saturated heterocycles. The molecule has 0 amide bonds. The van der Waals surface area contributed by atoms with Gasteiger partial charge in [0, 0.05) is 11.8 Å². The number of benzene rings is 2. The summed E-state index contributed by atoms with van der Waals surface area (Å²) in [5, 5.41) is -0.00795. The molecule has 112 valence electrons. The van der Waals surface area contributed by atoms with Gasteiger partial charge in [0.05, 0.1) is 10.8 Å². The predicted molar refractivity (Wildman–Crippen MR) is 92.5 cm³/mol. The van der Waals surface area contributed by atoms with Crippen molar-refractivity contribution >= 4 is 23.2 Å².